The number of hydrogen-bond acceptors (Lipinski definition) is 0. The van der Waals surface area contributed by atoms with Crippen molar-refractivity contribution in [3.8, 4) is 0 Å². The first-order valence-electron chi connectivity index (χ1n) is 9.49. The van der Waals surface area contributed by atoms with E-state index in [1.165, 1.54) is 51.4 Å². The van der Waals surface area contributed by atoms with Crippen molar-refractivity contribution in [3.63, 3.8) is 0 Å². The Hall–Kier alpha value is -0.520. The highest BCUT2D eigenvalue weighted by molar-refractivity contribution is 5.25. The summed E-state index contributed by atoms with van der Waals surface area (Å²) in [6.45, 7) is 7.30. The van der Waals surface area contributed by atoms with Crippen LogP contribution < -0.4 is 0 Å². The van der Waals surface area contributed by atoms with Crippen LogP contribution in [0.15, 0.2) is 23.3 Å². The number of hydrogen-bond donors (Lipinski definition) is 0. The molecule has 0 amide bonds. The van der Waals surface area contributed by atoms with Crippen LogP contribution in [-0.2, 0) is 0 Å². The molecule has 6 atom stereocenters. The molecule has 0 saturated heterocycles. The summed E-state index contributed by atoms with van der Waals surface area (Å²) in [6.07, 6.45) is 16.8. The second kappa shape index (κ2) is 5.00. The van der Waals surface area contributed by atoms with Crippen molar-refractivity contribution < 1.29 is 0 Å². The fraction of sp³-hybridized carbons (Fsp3) is 0.810. The van der Waals surface area contributed by atoms with E-state index in [1.54, 1.807) is 5.57 Å². The van der Waals surface area contributed by atoms with Crippen LogP contribution in [0, 0.1) is 35.0 Å². The Labute approximate surface area is 131 Å². The minimum atomic E-state index is 0.569. The van der Waals surface area contributed by atoms with E-state index in [-0.39, 0.29) is 0 Å². The van der Waals surface area contributed by atoms with Crippen molar-refractivity contribution in [3.05, 3.63) is 23.3 Å². The Bertz CT molecular complexity index is 482. The second-order valence-electron chi connectivity index (χ2n) is 8.68. The Morgan fingerprint density at radius 1 is 1.05 bits per heavy atom. The smallest absolute Gasteiger partial charge is 0.00853 e. The largest absolute Gasteiger partial charge is 0.0879 e. The predicted octanol–water partition coefficient (Wildman–Crippen LogP) is 6.14. The lowest BCUT2D eigenvalue weighted by atomic mass is 9.51. The molecule has 5 unspecified atom stereocenters. The van der Waals surface area contributed by atoms with Crippen molar-refractivity contribution in [2.24, 2.45) is 35.0 Å². The molecule has 0 aromatic rings. The zero-order valence-corrected chi connectivity index (χ0v) is 14.2. The minimum Gasteiger partial charge on any atom is -0.0879 e. The minimum absolute atomic E-state index is 0.569. The molecule has 21 heavy (non-hydrogen) atoms. The first-order chi connectivity index (χ1) is 10.1. The molecule has 0 aliphatic heterocycles. The van der Waals surface area contributed by atoms with Crippen molar-refractivity contribution in [2.45, 2.75) is 72.1 Å². The normalized spacial score (nSPS) is 51.1. The summed E-state index contributed by atoms with van der Waals surface area (Å²) in [5, 5.41) is 0. The summed E-state index contributed by atoms with van der Waals surface area (Å²) in [5.41, 5.74) is 4.23. The van der Waals surface area contributed by atoms with E-state index in [2.05, 4.69) is 32.9 Å². The molecule has 0 aromatic heterocycles. The Balaban J connectivity index is 1.63. The lowest BCUT2D eigenvalue weighted by Gasteiger charge is -2.53. The van der Waals surface area contributed by atoms with Crippen LogP contribution in [0.25, 0.3) is 0 Å². The van der Waals surface area contributed by atoms with Crippen molar-refractivity contribution in [1.82, 2.24) is 0 Å². The molecule has 0 radical (unpaired) electrons. The number of rotatable bonds is 0. The third-order valence-electron chi connectivity index (χ3n) is 7.88. The maximum atomic E-state index is 2.66. The number of allylic oxidation sites excluding steroid dienone is 4. The highest BCUT2D eigenvalue weighted by Crippen LogP contribution is 2.63. The topological polar surface area (TPSA) is 0 Å². The van der Waals surface area contributed by atoms with Gasteiger partial charge in [-0.2, -0.15) is 0 Å². The average molecular weight is 284 g/mol. The van der Waals surface area contributed by atoms with Gasteiger partial charge in [0.25, 0.3) is 0 Å². The van der Waals surface area contributed by atoms with Gasteiger partial charge in [0.15, 0.2) is 0 Å². The van der Waals surface area contributed by atoms with Gasteiger partial charge in [0, 0.05) is 0 Å². The van der Waals surface area contributed by atoms with Gasteiger partial charge in [-0.05, 0) is 93.3 Å². The van der Waals surface area contributed by atoms with E-state index in [0.29, 0.717) is 5.41 Å². The molecule has 3 fully saturated rings. The third-order valence-corrected chi connectivity index (χ3v) is 7.88. The lowest BCUT2D eigenvalue weighted by molar-refractivity contribution is 0.0118. The third kappa shape index (κ3) is 2.01. The quantitative estimate of drug-likeness (QED) is 0.469. The maximum absolute atomic E-state index is 2.66. The maximum Gasteiger partial charge on any atom is -0.00853 e. The van der Waals surface area contributed by atoms with Crippen LogP contribution in [-0.4, -0.2) is 0 Å². The Morgan fingerprint density at radius 2 is 1.90 bits per heavy atom. The number of fused-ring (bicyclic) bond motifs is 5. The van der Waals surface area contributed by atoms with Crippen LogP contribution in [0.3, 0.4) is 0 Å². The van der Waals surface area contributed by atoms with Crippen molar-refractivity contribution >= 4 is 0 Å². The van der Waals surface area contributed by atoms with Gasteiger partial charge in [0.05, 0.1) is 0 Å². The molecular weight excluding hydrogens is 252 g/mol. The molecule has 3 saturated carbocycles. The van der Waals surface area contributed by atoms with Crippen LogP contribution in [0.5, 0.6) is 0 Å². The van der Waals surface area contributed by atoms with Gasteiger partial charge in [-0.1, -0.05) is 37.1 Å². The van der Waals surface area contributed by atoms with Crippen LogP contribution in [0.1, 0.15) is 72.1 Å². The van der Waals surface area contributed by atoms with Crippen LogP contribution >= 0.6 is 0 Å². The van der Waals surface area contributed by atoms with Crippen molar-refractivity contribution in [1.29, 1.82) is 0 Å². The fourth-order valence-electron chi connectivity index (χ4n) is 6.84. The summed E-state index contributed by atoms with van der Waals surface area (Å²) in [4.78, 5) is 0. The van der Waals surface area contributed by atoms with Gasteiger partial charge in [0.1, 0.15) is 0 Å². The summed E-state index contributed by atoms with van der Waals surface area (Å²) >= 11 is 0. The molecule has 0 N–H and O–H groups in total. The van der Waals surface area contributed by atoms with Crippen molar-refractivity contribution in [2.75, 3.05) is 0 Å². The SMILES string of the molecule is C/C=C1\CCC2C3CCC4=CC(C)CCC4C3CC[C@@]12C. The van der Waals surface area contributed by atoms with Crippen LogP contribution in [0.2, 0.25) is 0 Å². The van der Waals surface area contributed by atoms with E-state index >= 15 is 0 Å². The average Bonchev–Trinajstić information content (AvgIpc) is 2.83. The summed E-state index contributed by atoms with van der Waals surface area (Å²) in [5.74, 6) is 4.90. The predicted molar refractivity (Wildman–Crippen MR) is 90.0 cm³/mol. The molecule has 0 bridgehead atoms. The van der Waals surface area contributed by atoms with Gasteiger partial charge >= 0.3 is 0 Å². The molecule has 4 aliphatic carbocycles. The monoisotopic (exact) mass is 284 g/mol. The molecule has 0 heterocycles. The zero-order valence-electron chi connectivity index (χ0n) is 14.2. The molecule has 0 spiro atoms. The lowest BCUT2D eigenvalue weighted by Crippen LogP contribution is -2.44. The van der Waals surface area contributed by atoms with E-state index < -0.39 is 0 Å². The van der Waals surface area contributed by atoms with E-state index in [0.717, 1.165) is 29.6 Å². The summed E-state index contributed by atoms with van der Waals surface area (Å²) in [6, 6.07) is 0. The molecule has 0 aromatic carbocycles. The molecule has 4 rings (SSSR count). The Morgan fingerprint density at radius 3 is 2.71 bits per heavy atom. The summed E-state index contributed by atoms with van der Waals surface area (Å²) < 4.78 is 0. The highest BCUT2D eigenvalue weighted by atomic mass is 14.6. The zero-order chi connectivity index (χ0) is 14.6. The molecule has 116 valence electrons. The summed E-state index contributed by atoms with van der Waals surface area (Å²) in [7, 11) is 0. The molecule has 0 nitrogen and oxygen atoms in total. The second-order valence-corrected chi connectivity index (χ2v) is 8.68. The fourth-order valence-corrected chi connectivity index (χ4v) is 6.84. The van der Waals surface area contributed by atoms with E-state index in [1.807, 2.05) is 5.57 Å². The van der Waals surface area contributed by atoms with E-state index in [9.17, 15) is 0 Å². The first kappa shape index (κ1) is 14.1. The Kier molecular flexibility index (Phi) is 3.36. The molecule has 0 heteroatoms. The first-order valence-corrected chi connectivity index (χ1v) is 9.49. The van der Waals surface area contributed by atoms with Gasteiger partial charge < -0.3 is 0 Å². The van der Waals surface area contributed by atoms with E-state index in [4.69, 9.17) is 0 Å². The standard InChI is InChI=1S/C21H32/c1-4-16-7-10-20-19-9-6-15-13-14(2)5-8-17(15)18(19)11-12-21(16,20)3/h4,13-14,17-20H,5-12H2,1-3H3/b16-4+/t14?,17?,18?,19?,20?,21-/m0/s1. The van der Waals surface area contributed by atoms with Gasteiger partial charge in [-0.15, -0.1) is 0 Å². The highest BCUT2D eigenvalue weighted by Gasteiger charge is 2.53. The van der Waals surface area contributed by atoms with Gasteiger partial charge in [-0.25, -0.2) is 0 Å². The molecule has 4 aliphatic rings. The van der Waals surface area contributed by atoms with Gasteiger partial charge in [-0.3, -0.25) is 0 Å². The van der Waals surface area contributed by atoms with Gasteiger partial charge in [0.2, 0.25) is 0 Å². The molecular formula is C21H32. The van der Waals surface area contributed by atoms with Crippen LogP contribution in [0.4, 0.5) is 0 Å².